The second-order valence-electron chi connectivity index (χ2n) is 6.90. The van der Waals surface area contributed by atoms with E-state index in [4.69, 9.17) is 10.5 Å². The largest absolute Gasteiger partial charge is 0.438 e. The molecule has 0 unspecified atom stereocenters. The quantitative estimate of drug-likeness (QED) is 0.664. The van der Waals surface area contributed by atoms with Crippen LogP contribution in [0.15, 0.2) is 48.5 Å². The number of benzene rings is 2. The van der Waals surface area contributed by atoms with Crippen molar-refractivity contribution in [2.45, 2.75) is 33.2 Å². The number of hydrogen-bond donors (Lipinski definition) is 1. The van der Waals surface area contributed by atoms with Gasteiger partial charge in [-0.1, -0.05) is 38.1 Å². The molecule has 138 valence electrons. The molecule has 0 radical (unpaired) electrons. The van der Waals surface area contributed by atoms with Crippen molar-refractivity contribution in [2.24, 2.45) is 0 Å². The summed E-state index contributed by atoms with van der Waals surface area (Å²) in [6.45, 7) is 6.56. The smallest absolute Gasteiger partial charge is 0.224 e. The van der Waals surface area contributed by atoms with Crippen LogP contribution in [0, 0.1) is 24.1 Å². The van der Waals surface area contributed by atoms with Crippen molar-refractivity contribution in [2.75, 3.05) is 5.73 Å². The van der Waals surface area contributed by atoms with E-state index < -0.39 is 0 Å². The highest BCUT2D eigenvalue weighted by Crippen LogP contribution is 2.34. The van der Waals surface area contributed by atoms with Crippen molar-refractivity contribution in [3.8, 4) is 17.7 Å². The first-order valence-electron chi connectivity index (χ1n) is 8.81. The Kier molecular flexibility index (Phi) is 5.18. The van der Waals surface area contributed by atoms with E-state index in [2.05, 4.69) is 26.0 Å². The molecule has 0 aliphatic carbocycles. The lowest BCUT2D eigenvalue weighted by molar-refractivity contribution is 0.433. The summed E-state index contributed by atoms with van der Waals surface area (Å²) in [6.07, 6.45) is 0. The minimum atomic E-state index is -0.302. The molecule has 4 nitrogen and oxygen atoms in total. The predicted molar refractivity (Wildman–Crippen MR) is 104 cm³/mol. The Balaban J connectivity index is 2.01. The van der Waals surface area contributed by atoms with Gasteiger partial charge < -0.3 is 10.5 Å². The van der Waals surface area contributed by atoms with Gasteiger partial charge in [0.1, 0.15) is 23.3 Å². The molecule has 0 aliphatic rings. The van der Waals surface area contributed by atoms with Crippen molar-refractivity contribution < 1.29 is 9.13 Å². The second kappa shape index (κ2) is 7.55. The van der Waals surface area contributed by atoms with Crippen molar-refractivity contribution in [3.05, 3.63) is 76.7 Å². The van der Waals surface area contributed by atoms with E-state index in [1.807, 2.05) is 19.1 Å². The van der Waals surface area contributed by atoms with Crippen molar-refractivity contribution in [3.63, 3.8) is 0 Å². The molecule has 3 aromatic rings. The van der Waals surface area contributed by atoms with Gasteiger partial charge in [-0.2, -0.15) is 5.26 Å². The first kappa shape index (κ1) is 18.5. The molecule has 3 rings (SSSR count). The maximum Gasteiger partial charge on any atom is 0.224 e. The number of hydrogen-bond acceptors (Lipinski definition) is 3. The van der Waals surface area contributed by atoms with E-state index in [0.717, 1.165) is 16.7 Å². The lowest BCUT2D eigenvalue weighted by Gasteiger charge is -2.16. The Bertz CT molecular complexity index is 998. The van der Waals surface area contributed by atoms with Crippen LogP contribution < -0.4 is 10.5 Å². The summed E-state index contributed by atoms with van der Waals surface area (Å²) in [5.41, 5.74) is 9.90. The van der Waals surface area contributed by atoms with Crippen LogP contribution in [0.2, 0.25) is 0 Å². The fourth-order valence-corrected chi connectivity index (χ4v) is 2.88. The average Bonchev–Trinajstić information content (AvgIpc) is 2.93. The van der Waals surface area contributed by atoms with Crippen LogP contribution in [0.3, 0.4) is 0 Å². The van der Waals surface area contributed by atoms with Crippen LogP contribution in [0.1, 0.15) is 42.1 Å². The summed E-state index contributed by atoms with van der Waals surface area (Å²) in [5, 5.41) is 9.47. The number of anilines is 1. The average molecular weight is 363 g/mol. The highest BCUT2D eigenvalue weighted by molar-refractivity contribution is 5.57. The molecule has 0 spiro atoms. The third-order valence-electron chi connectivity index (χ3n) is 4.53. The number of nitrogens with zero attached hydrogens (tertiary/aromatic N) is 2. The van der Waals surface area contributed by atoms with Gasteiger partial charge >= 0.3 is 0 Å². The molecule has 0 aliphatic heterocycles. The maximum absolute atomic E-state index is 13.2. The highest BCUT2D eigenvalue weighted by atomic mass is 19.1. The summed E-state index contributed by atoms with van der Waals surface area (Å²) in [6, 6.07) is 16.0. The lowest BCUT2D eigenvalue weighted by atomic mass is 10.0. The highest BCUT2D eigenvalue weighted by Gasteiger charge is 2.17. The van der Waals surface area contributed by atoms with Gasteiger partial charge in [0, 0.05) is 6.07 Å². The number of nitrogen functional groups attached to an aromatic ring is 1. The number of rotatable bonds is 5. The number of nitriles is 1. The Labute approximate surface area is 158 Å². The third-order valence-corrected chi connectivity index (χ3v) is 4.53. The summed E-state index contributed by atoms with van der Waals surface area (Å²) in [4.78, 5) is 0. The van der Waals surface area contributed by atoms with Crippen LogP contribution in [0.5, 0.6) is 11.6 Å². The van der Waals surface area contributed by atoms with Crippen LogP contribution in [-0.4, -0.2) is 4.57 Å². The summed E-state index contributed by atoms with van der Waals surface area (Å²) >= 11 is 0. The Hall–Kier alpha value is -3.26. The number of nitrogens with two attached hydrogens (primary N) is 1. The van der Waals surface area contributed by atoms with Crippen molar-refractivity contribution in [1.29, 1.82) is 5.26 Å². The zero-order valence-corrected chi connectivity index (χ0v) is 15.7. The molecule has 0 saturated carbocycles. The van der Waals surface area contributed by atoms with Crippen molar-refractivity contribution in [1.82, 2.24) is 4.57 Å². The molecule has 0 amide bonds. The van der Waals surface area contributed by atoms with Crippen LogP contribution in [-0.2, 0) is 6.54 Å². The summed E-state index contributed by atoms with van der Waals surface area (Å²) in [5.74, 6) is 1.19. The van der Waals surface area contributed by atoms with Gasteiger partial charge in [0.25, 0.3) is 0 Å². The number of aryl methyl sites for hydroxylation is 1. The van der Waals surface area contributed by atoms with Gasteiger partial charge in [0.15, 0.2) is 0 Å². The monoisotopic (exact) mass is 363 g/mol. The van der Waals surface area contributed by atoms with Crippen LogP contribution >= 0.6 is 0 Å². The van der Waals surface area contributed by atoms with Gasteiger partial charge in [-0.25, -0.2) is 4.39 Å². The fraction of sp³-hybridized carbons (Fsp3) is 0.227. The number of aromatic nitrogens is 1. The molecule has 0 bridgehead atoms. The molecule has 0 saturated heterocycles. The SMILES string of the molecule is Cc1ccc(C(C)C)cc1Oc1c(N)cc(C#N)n1Cc1ccc(F)cc1. The van der Waals surface area contributed by atoms with E-state index in [1.54, 1.807) is 22.8 Å². The minimum Gasteiger partial charge on any atom is -0.438 e. The van der Waals surface area contributed by atoms with E-state index in [0.29, 0.717) is 35.5 Å². The summed E-state index contributed by atoms with van der Waals surface area (Å²) in [7, 11) is 0. The Morgan fingerprint density at radius 1 is 1.15 bits per heavy atom. The molecule has 1 aromatic heterocycles. The van der Waals surface area contributed by atoms with E-state index in [1.165, 1.54) is 12.1 Å². The molecular formula is C22H22FN3O. The number of halogens is 1. The van der Waals surface area contributed by atoms with Gasteiger partial charge in [-0.3, -0.25) is 4.57 Å². The second-order valence-corrected chi connectivity index (χ2v) is 6.90. The van der Waals surface area contributed by atoms with Gasteiger partial charge in [0.2, 0.25) is 5.88 Å². The van der Waals surface area contributed by atoms with Crippen LogP contribution in [0.4, 0.5) is 10.1 Å². The zero-order valence-electron chi connectivity index (χ0n) is 15.7. The Morgan fingerprint density at radius 3 is 2.48 bits per heavy atom. The van der Waals surface area contributed by atoms with Crippen LogP contribution in [0.25, 0.3) is 0 Å². The van der Waals surface area contributed by atoms with Crippen molar-refractivity contribution >= 4 is 5.69 Å². The molecule has 2 aromatic carbocycles. The molecule has 0 atom stereocenters. The van der Waals surface area contributed by atoms with Gasteiger partial charge in [-0.15, -0.1) is 0 Å². The maximum atomic E-state index is 13.2. The summed E-state index contributed by atoms with van der Waals surface area (Å²) < 4.78 is 21.1. The zero-order chi connectivity index (χ0) is 19.6. The Morgan fingerprint density at radius 2 is 1.85 bits per heavy atom. The van der Waals surface area contributed by atoms with E-state index >= 15 is 0 Å². The first-order valence-corrected chi connectivity index (χ1v) is 8.81. The molecular weight excluding hydrogens is 341 g/mol. The lowest BCUT2D eigenvalue weighted by Crippen LogP contribution is -2.06. The van der Waals surface area contributed by atoms with Gasteiger partial charge in [-0.05, 0) is 47.7 Å². The molecule has 2 N–H and O–H groups in total. The first-order chi connectivity index (χ1) is 12.9. The van der Waals surface area contributed by atoms with E-state index in [-0.39, 0.29) is 5.82 Å². The third kappa shape index (κ3) is 3.95. The van der Waals surface area contributed by atoms with Gasteiger partial charge in [0.05, 0.1) is 12.2 Å². The topological polar surface area (TPSA) is 64.0 Å². The molecule has 1 heterocycles. The van der Waals surface area contributed by atoms with E-state index in [9.17, 15) is 9.65 Å². The predicted octanol–water partition coefficient (Wildman–Crippen LogP) is 5.35. The molecule has 27 heavy (non-hydrogen) atoms. The molecule has 5 heteroatoms. The molecule has 0 fully saturated rings. The minimum absolute atomic E-state index is 0.302. The fourth-order valence-electron chi connectivity index (χ4n) is 2.88. The number of ether oxygens (including phenoxy) is 1. The normalized spacial score (nSPS) is 10.8. The standard InChI is InChI=1S/C22H22FN3O/c1-14(2)17-7-4-15(3)21(10-17)27-22-20(25)11-19(12-24)26(22)13-16-5-8-18(23)9-6-16/h4-11,14H,13,25H2,1-3H3.